The molecule has 2 rings (SSSR count). The van der Waals surface area contributed by atoms with Crippen molar-refractivity contribution in [3.63, 3.8) is 0 Å². The minimum Gasteiger partial charge on any atom is -0.288 e. The molecule has 2 aromatic rings. The number of halogens is 2. The minimum atomic E-state index is 0.951. The number of hydrogen-bond donors (Lipinski definition) is 0. The number of hydrogen-bond acceptors (Lipinski definition) is 2. The lowest BCUT2D eigenvalue weighted by Crippen LogP contribution is -1.86. The maximum Gasteiger partial charge on any atom is 0.139 e. The van der Waals surface area contributed by atoms with Gasteiger partial charge in [-0.1, -0.05) is 0 Å². The van der Waals surface area contributed by atoms with E-state index in [1.807, 2.05) is 23.6 Å². The first-order valence-corrected chi connectivity index (χ1v) is 3.26. The van der Waals surface area contributed by atoms with Crippen molar-refractivity contribution in [2.45, 2.75) is 6.92 Å². The highest BCUT2D eigenvalue weighted by Crippen LogP contribution is 2.01. The quantitative estimate of drug-likeness (QED) is 0.605. The standard InChI is InChI=1S/C7H7N3.F2/c1-6-4-9-7-2-3-8-5-10(6)7;1-2/h2-5H,1H3;. The maximum absolute atomic E-state index is 8.00. The van der Waals surface area contributed by atoms with Crippen LogP contribution in [-0.4, -0.2) is 14.4 Å². The molecule has 0 unspecified atom stereocenters. The summed E-state index contributed by atoms with van der Waals surface area (Å²) in [6.45, 7) is 2.00. The van der Waals surface area contributed by atoms with Gasteiger partial charge in [0.25, 0.3) is 0 Å². The number of aromatic nitrogens is 3. The summed E-state index contributed by atoms with van der Waals surface area (Å²) in [4.78, 5) is 8.11. The zero-order valence-corrected chi connectivity index (χ0v) is 6.41. The normalized spacial score (nSPS) is 9.25. The second kappa shape index (κ2) is 3.75. The predicted molar refractivity (Wildman–Crippen MR) is 39.9 cm³/mol. The van der Waals surface area contributed by atoms with E-state index < -0.39 is 0 Å². The van der Waals surface area contributed by atoms with Gasteiger partial charge in [0.1, 0.15) is 12.0 Å². The highest BCUT2D eigenvalue weighted by Gasteiger charge is 1.94. The molecule has 0 saturated heterocycles. The second-order valence-electron chi connectivity index (χ2n) is 2.21. The lowest BCUT2D eigenvalue weighted by Gasteiger charge is -1.90. The van der Waals surface area contributed by atoms with Gasteiger partial charge >= 0.3 is 0 Å². The lowest BCUT2D eigenvalue weighted by atomic mass is 10.5. The Morgan fingerprint density at radius 3 is 2.83 bits per heavy atom. The average Bonchev–Trinajstić information content (AvgIpc) is 2.53. The Labute approximate surface area is 67.6 Å². The maximum atomic E-state index is 8.00. The predicted octanol–water partition coefficient (Wildman–Crippen LogP) is 1.88. The fraction of sp³-hybridized carbons (Fsp3) is 0.143. The summed E-state index contributed by atoms with van der Waals surface area (Å²) in [6, 6.07) is 1.88. The van der Waals surface area contributed by atoms with Gasteiger partial charge < -0.3 is 0 Å². The Hall–Kier alpha value is -1.52. The van der Waals surface area contributed by atoms with E-state index in [0.717, 1.165) is 11.3 Å². The van der Waals surface area contributed by atoms with E-state index in [4.69, 9.17) is 9.15 Å². The SMILES string of the molecule is Cc1cnc2ccncn12.FF. The zero-order chi connectivity index (χ0) is 8.97. The van der Waals surface area contributed by atoms with E-state index in [0.29, 0.717) is 0 Å². The Morgan fingerprint density at radius 1 is 1.42 bits per heavy atom. The fourth-order valence-corrected chi connectivity index (χ4v) is 0.953. The highest BCUT2D eigenvalue weighted by atomic mass is 20.0. The first-order valence-electron chi connectivity index (χ1n) is 3.26. The van der Waals surface area contributed by atoms with Crippen molar-refractivity contribution < 1.29 is 9.15 Å². The third-order valence-corrected chi connectivity index (χ3v) is 1.50. The van der Waals surface area contributed by atoms with E-state index >= 15 is 0 Å². The molecule has 2 heterocycles. The molecule has 0 aliphatic heterocycles. The topological polar surface area (TPSA) is 30.2 Å². The molecular formula is C7H7F2N3. The third-order valence-electron chi connectivity index (χ3n) is 1.50. The molecule has 3 nitrogen and oxygen atoms in total. The minimum absolute atomic E-state index is 0.951. The number of fused-ring (bicyclic) bond motifs is 1. The van der Waals surface area contributed by atoms with Crippen molar-refractivity contribution in [1.82, 2.24) is 14.4 Å². The molecule has 12 heavy (non-hydrogen) atoms. The molecule has 2 aromatic heterocycles. The van der Waals surface area contributed by atoms with Crippen LogP contribution in [0.1, 0.15) is 5.69 Å². The average molecular weight is 171 g/mol. The zero-order valence-electron chi connectivity index (χ0n) is 6.41. The first-order chi connectivity index (χ1) is 5.88. The Morgan fingerprint density at radius 2 is 2.17 bits per heavy atom. The highest BCUT2D eigenvalue weighted by molar-refractivity contribution is 5.37. The van der Waals surface area contributed by atoms with Crippen LogP contribution in [0.3, 0.4) is 0 Å². The molecule has 0 atom stereocenters. The summed E-state index contributed by atoms with van der Waals surface area (Å²) in [6.07, 6.45) is 5.33. The summed E-state index contributed by atoms with van der Waals surface area (Å²) < 4.78 is 17.9. The molecule has 0 aliphatic carbocycles. The molecule has 0 N–H and O–H groups in total. The summed E-state index contributed by atoms with van der Waals surface area (Å²) in [7, 11) is 0. The molecule has 0 aromatic carbocycles. The molecule has 0 saturated carbocycles. The number of aryl methyl sites for hydroxylation is 1. The summed E-state index contributed by atoms with van der Waals surface area (Å²) in [5.41, 5.74) is 2.07. The van der Waals surface area contributed by atoms with Gasteiger partial charge in [-0.3, -0.25) is 4.40 Å². The molecule has 0 amide bonds. The summed E-state index contributed by atoms with van der Waals surface area (Å²) in [5, 5.41) is 0. The smallest absolute Gasteiger partial charge is 0.139 e. The van der Waals surface area contributed by atoms with Gasteiger partial charge in [-0.25, -0.2) is 9.97 Å². The summed E-state index contributed by atoms with van der Waals surface area (Å²) in [5.74, 6) is 0. The molecular weight excluding hydrogens is 164 g/mol. The Kier molecular flexibility index (Phi) is 2.68. The van der Waals surface area contributed by atoms with Gasteiger partial charge in [-0.2, -0.15) is 0 Å². The molecule has 5 heteroatoms. The van der Waals surface area contributed by atoms with E-state index in [1.165, 1.54) is 0 Å². The van der Waals surface area contributed by atoms with Crippen LogP contribution in [0, 0.1) is 6.92 Å². The van der Waals surface area contributed by atoms with Gasteiger partial charge in [-0.15, -0.1) is 0 Å². The van der Waals surface area contributed by atoms with E-state index in [2.05, 4.69) is 9.97 Å². The van der Waals surface area contributed by atoms with Crippen molar-refractivity contribution >= 4 is 5.65 Å². The molecule has 64 valence electrons. The monoisotopic (exact) mass is 171 g/mol. The van der Waals surface area contributed by atoms with Gasteiger partial charge in [0.2, 0.25) is 0 Å². The van der Waals surface area contributed by atoms with Gasteiger partial charge in [-0.05, 0) is 13.0 Å². The van der Waals surface area contributed by atoms with Crippen LogP contribution in [0.25, 0.3) is 5.65 Å². The van der Waals surface area contributed by atoms with Crippen molar-refractivity contribution in [3.8, 4) is 0 Å². The van der Waals surface area contributed by atoms with Gasteiger partial charge in [0.15, 0.2) is 0 Å². The van der Waals surface area contributed by atoms with Crippen LogP contribution in [0.5, 0.6) is 0 Å². The van der Waals surface area contributed by atoms with Crippen molar-refractivity contribution in [3.05, 3.63) is 30.5 Å². The third kappa shape index (κ3) is 1.39. The van der Waals surface area contributed by atoms with Crippen molar-refractivity contribution in [1.29, 1.82) is 0 Å². The Bertz CT molecular complexity index is 358. The molecule has 0 spiro atoms. The van der Waals surface area contributed by atoms with E-state index in [1.54, 1.807) is 12.5 Å². The van der Waals surface area contributed by atoms with Gasteiger partial charge in [0, 0.05) is 27.2 Å². The largest absolute Gasteiger partial charge is 0.288 e. The number of rotatable bonds is 0. The van der Waals surface area contributed by atoms with Crippen LogP contribution in [0.15, 0.2) is 24.8 Å². The van der Waals surface area contributed by atoms with Crippen LogP contribution in [0.2, 0.25) is 0 Å². The number of nitrogens with zero attached hydrogens (tertiary/aromatic N) is 3. The van der Waals surface area contributed by atoms with E-state index in [-0.39, 0.29) is 0 Å². The first kappa shape index (κ1) is 8.58. The number of imidazole rings is 1. The van der Waals surface area contributed by atoms with Gasteiger partial charge in [0.05, 0.1) is 0 Å². The molecule has 0 bridgehead atoms. The van der Waals surface area contributed by atoms with Crippen LogP contribution in [0.4, 0.5) is 9.15 Å². The van der Waals surface area contributed by atoms with Crippen LogP contribution < -0.4 is 0 Å². The van der Waals surface area contributed by atoms with Crippen molar-refractivity contribution in [2.75, 3.05) is 0 Å². The molecule has 0 fully saturated rings. The second-order valence-corrected chi connectivity index (χ2v) is 2.21. The van der Waals surface area contributed by atoms with Crippen LogP contribution in [-0.2, 0) is 0 Å². The molecule has 0 radical (unpaired) electrons. The van der Waals surface area contributed by atoms with Crippen LogP contribution >= 0.6 is 0 Å². The lowest BCUT2D eigenvalue weighted by molar-refractivity contribution is 0.108. The van der Waals surface area contributed by atoms with E-state index in [9.17, 15) is 0 Å². The summed E-state index contributed by atoms with van der Waals surface area (Å²) >= 11 is 0. The van der Waals surface area contributed by atoms with Crippen molar-refractivity contribution in [2.24, 2.45) is 0 Å². The fourth-order valence-electron chi connectivity index (χ4n) is 0.953. The molecule has 0 aliphatic rings. The Balaban J connectivity index is 0.000000336.